The highest BCUT2D eigenvalue weighted by Crippen LogP contribution is 2.18. The van der Waals surface area contributed by atoms with Crippen molar-refractivity contribution in [1.29, 1.82) is 0 Å². The zero-order valence-corrected chi connectivity index (χ0v) is 11.4. The summed E-state index contributed by atoms with van der Waals surface area (Å²) in [4.78, 5) is 2.33. The summed E-state index contributed by atoms with van der Waals surface area (Å²) in [6.07, 6.45) is 1.24. The molecule has 3 heteroatoms. The van der Waals surface area contributed by atoms with Gasteiger partial charge in [-0.3, -0.25) is 4.90 Å². The number of hydrogen-bond acceptors (Lipinski definition) is 2. The zero-order chi connectivity index (χ0) is 9.78. The summed E-state index contributed by atoms with van der Waals surface area (Å²) in [7, 11) is 5.51. The first-order valence-corrected chi connectivity index (χ1v) is 5.91. The third-order valence-electron chi connectivity index (χ3n) is 3.04. The molecule has 0 saturated heterocycles. The first kappa shape index (κ1) is 12.1. The van der Waals surface area contributed by atoms with E-state index < -0.39 is 0 Å². The van der Waals surface area contributed by atoms with Gasteiger partial charge in [-0.25, -0.2) is 0 Å². The van der Waals surface area contributed by atoms with Crippen molar-refractivity contribution in [2.24, 2.45) is 5.92 Å². The molecule has 0 aromatic carbocycles. The van der Waals surface area contributed by atoms with E-state index in [0.717, 1.165) is 12.5 Å². The lowest BCUT2D eigenvalue weighted by atomic mass is 10.0. The molecule has 0 fully saturated rings. The van der Waals surface area contributed by atoms with Gasteiger partial charge in [0, 0.05) is 10.2 Å². The molecule has 74 valence electrons. The summed E-state index contributed by atoms with van der Waals surface area (Å²) in [5.74, 6) is 0.735. The number of nitrogens with zero attached hydrogens (tertiary/aromatic N) is 1. The van der Waals surface area contributed by atoms with Gasteiger partial charge in [0.25, 0.3) is 0 Å². The van der Waals surface area contributed by atoms with Gasteiger partial charge in [-0.15, -0.1) is 0 Å². The monoisotopic (exact) mass is 188 g/mol. The Bertz CT molecular complexity index is 128. The molecule has 0 bridgehead atoms. The third-order valence-corrected chi connectivity index (χ3v) is 5.27. The van der Waals surface area contributed by atoms with Gasteiger partial charge in [-0.1, -0.05) is 27.2 Å². The largest absolute Gasteiger partial charge is 0.303 e. The normalized spacial score (nSPS) is 19.5. The van der Waals surface area contributed by atoms with Crippen molar-refractivity contribution < 1.29 is 0 Å². The van der Waals surface area contributed by atoms with Crippen molar-refractivity contribution in [3.05, 3.63) is 0 Å². The average Bonchev–Trinajstić information content (AvgIpc) is 2.03. The van der Waals surface area contributed by atoms with Crippen LogP contribution in [0.15, 0.2) is 0 Å². The Morgan fingerprint density at radius 1 is 1.42 bits per heavy atom. The van der Waals surface area contributed by atoms with Crippen LogP contribution >= 0.6 is 0 Å². The SMILES string of the molecule is CCNC([SiH3])(C(C)CC)N(C)C. The van der Waals surface area contributed by atoms with Crippen molar-refractivity contribution in [2.45, 2.75) is 32.5 Å². The molecule has 0 aliphatic heterocycles. The molecule has 0 rings (SSSR count). The van der Waals surface area contributed by atoms with E-state index in [0.29, 0.717) is 0 Å². The lowest BCUT2D eigenvalue weighted by molar-refractivity contribution is 0.133. The molecule has 1 N–H and O–H groups in total. The molecule has 0 aromatic heterocycles. The van der Waals surface area contributed by atoms with Crippen LogP contribution in [0.2, 0.25) is 0 Å². The molecule has 0 aliphatic carbocycles. The van der Waals surface area contributed by atoms with Crippen LogP contribution in [0.4, 0.5) is 0 Å². The maximum absolute atomic E-state index is 3.60. The zero-order valence-electron chi connectivity index (χ0n) is 9.44. The molecule has 2 atom stereocenters. The lowest BCUT2D eigenvalue weighted by Gasteiger charge is -2.42. The summed E-state index contributed by atoms with van der Waals surface area (Å²) >= 11 is 0. The van der Waals surface area contributed by atoms with Crippen LogP contribution in [0.25, 0.3) is 0 Å². The Balaban J connectivity index is 4.37. The summed E-state index contributed by atoms with van der Waals surface area (Å²) in [5.41, 5.74) is 0. The fourth-order valence-electron chi connectivity index (χ4n) is 1.53. The smallest absolute Gasteiger partial charge is 0.0517 e. The van der Waals surface area contributed by atoms with E-state index >= 15 is 0 Å². The van der Waals surface area contributed by atoms with Crippen LogP contribution in [0.1, 0.15) is 27.2 Å². The van der Waals surface area contributed by atoms with Gasteiger partial charge < -0.3 is 5.32 Å². The first-order valence-electron chi connectivity index (χ1n) is 4.91. The third kappa shape index (κ3) is 2.57. The van der Waals surface area contributed by atoms with Crippen LogP contribution in [0.3, 0.4) is 0 Å². The minimum Gasteiger partial charge on any atom is -0.303 e. The van der Waals surface area contributed by atoms with Crippen molar-refractivity contribution in [1.82, 2.24) is 10.2 Å². The highest BCUT2D eigenvalue weighted by molar-refractivity contribution is 6.15. The van der Waals surface area contributed by atoms with Crippen LogP contribution in [-0.4, -0.2) is 41.1 Å². The van der Waals surface area contributed by atoms with E-state index in [2.05, 4.69) is 45.1 Å². The van der Waals surface area contributed by atoms with Crippen molar-refractivity contribution in [2.75, 3.05) is 20.6 Å². The number of rotatable bonds is 5. The Morgan fingerprint density at radius 3 is 2.17 bits per heavy atom. The van der Waals surface area contributed by atoms with E-state index in [1.807, 2.05) is 0 Å². The Morgan fingerprint density at radius 2 is 1.92 bits per heavy atom. The summed E-state index contributed by atoms with van der Waals surface area (Å²) in [5, 5.41) is 3.88. The molecule has 0 saturated carbocycles. The van der Waals surface area contributed by atoms with Gasteiger partial charge >= 0.3 is 0 Å². The topological polar surface area (TPSA) is 15.3 Å². The van der Waals surface area contributed by atoms with Gasteiger partial charge in [-0.05, 0) is 26.6 Å². The molecular formula is C9H24N2Si. The quantitative estimate of drug-likeness (QED) is 0.491. The van der Waals surface area contributed by atoms with Gasteiger partial charge in [-0.2, -0.15) is 0 Å². The molecule has 0 spiro atoms. The predicted octanol–water partition coefficient (Wildman–Crippen LogP) is 0.223. The fourth-order valence-corrected chi connectivity index (χ4v) is 2.29. The van der Waals surface area contributed by atoms with Crippen molar-refractivity contribution in [3.63, 3.8) is 0 Å². The molecule has 0 amide bonds. The van der Waals surface area contributed by atoms with Gasteiger partial charge in [0.2, 0.25) is 0 Å². The number of nitrogens with one attached hydrogen (secondary N) is 1. The molecule has 2 nitrogen and oxygen atoms in total. The van der Waals surface area contributed by atoms with E-state index in [1.54, 1.807) is 0 Å². The predicted molar refractivity (Wildman–Crippen MR) is 59.5 cm³/mol. The van der Waals surface area contributed by atoms with Crippen LogP contribution in [0.5, 0.6) is 0 Å². The van der Waals surface area contributed by atoms with Gasteiger partial charge in [0.05, 0.1) is 5.29 Å². The Labute approximate surface area is 80.1 Å². The van der Waals surface area contributed by atoms with Crippen LogP contribution < -0.4 is 5.32 Å². The maximum Gasteiger partial charge on any atom is 0.0517 e. The summed E-state index contributed by atoms with van der Waals surface area (Å²) in [6.45, 7) is 7.83. The minimum absolute atomic E-state index is 0.281. The highest BCUT2D eigenvalue weighted by Gasteiger charge is 2.30. The fraction of sp³-hybridized carbons (Fsp3) is 1.00. The van der Waals surface area contributed by atoms with E-state index in [4.69, 9.17) is 0 Å². The molecule has 12 heavy (non-hydrogen) atoms. The summed E-state index contributed by atoms with van der Waals surface area (Å²) < 4.78 is 0. The second-order valence-electron chi connectivity index (χ2n) is 3.88. The van der Waals surface area contributed by atoms with Gasteiger partial charge in [0.1, 0.15) is 0 Å². The molecule has 0 aliphatic rings. The van der Waals surface area contributed by atoms with Crippen molar-refractivity contribution >= 4 is 10.2 Å². The number of hydrogen-bond donors (Lipinski definition) is 1. The Kier molecular flexibility index (Phi) is 5.05. The molecule has 0 heterocycles. The second-order valence-corrected chi connectivity index (χ2v) is 5.41. The molecule has 0 aromatic rings. The minimum atomic E-state index is 0.281. The molecule has 2 unspecified atom stereocenters. The summed E-state index contributed by atoms with van der Waals surface area (Å²) in [6, 6.07) is 0. The van der Waals surface area contributed by atoms with E-state index in [1.165, 1.54) is 16.7 Å². The van der Waals surface area contributed by atoms with Crippen LogP contribution in [-0.2, 0) is 0 Å². The van der Waals surface area contributed by atoms with Crippen molar-refractivity contribution in [3.8, 4) is 0 Å². The lowest BCUT2D eigenvalue weighted by Crippen LogP contribution is -2.60. The van der Waals surface area contributed by atoms with Crippen LogP contribution in [0, 0.1) is 5.92 Å². The maximum atomic E-state index is 3.60. The second kappa shape index (κ2) is 4.99. The molecular weight excluding hydrogens is 164 g/mol. The average molecular weight is 188 g/mol. The van der Waals surface area contributed by atoms with Gasteiger partial charge in [0.15, 0.2) is 0 Å². The first-order chi connectivity index (χ1) is 5.49. The van der Waals surface area contributed by atoms with E-state index in [-0.39, 0.29) is 5.29 Å². The van der Waals surface area contributed by atoms with E-state index in [9.17, 15) is 0 Å². The highest BCUT2D eigenvalue weighted by atomic mass is 28.1. The Hall–Kier alpha value is 0.137. The standard InChI is InChI=1S/C9H24N2Si/c1-6-8(3)9(12,10-7-2)11(4)5/h8,10H,6-7H2,1-5,12H3. The molecule has 0 radical (unpaired) electrons.